The lowest BCUT2D eigenvalue weighted by Crippen LogP contribution is -2.28. The van der Waals surface area contributed by atoms with E-state index in [1.54, 1.807) is 0 Å². The summed E-state index contributed by atoms with van der Waals surface area (Å²) in [5, 5.41) is 2.32. The standard InChI is InChI=1S/C16H12F3NO3/c17-12-3-1-2-10(6-12)16(22)23-9-15(21)20-8-11-4-5-13(18)7-14(11)19/h1-7H,8-9H2,(H,20,21). The van der Waals surface area contributed by atoms with Crippen molar-refractivity contribution in [3.8, 4) is 0 Å². The van der Waals surface area contributed by atoms with Gasteiger partial charge in [0.25, 0.3) is 5.91 Å². The van der Waals surface area contributed by atoms with E-state index < -0.39 is 35.9 Å². The van der Waals surface area contributed by atoms with E-state index in [0.717, 1.165) is 12.1 Å². The zero-order chi connectivity index (χ0) is 16.8. The van der Waals surface area contributed by atoms with Gasteiger partial charge in [-0.05, 0) is 24.3 Å². The third kappa shape index (κ3) is 4.84. The number of esters is 1. The van der Waals surface area contributed by atoms with Crippen LogP contribution < -0.4 is 5.32 Å². The van der Waals surface area contributed by atoms with Gasteiger partial charge in [0.15, 0.2) is 6.61 Å². The van der Waals surface area contributed by atoms with Gasteiger partial charge in [0.1, 0.15) is 17.5 Å². The van der Waals surface area contributed by atoms with Crippen LogP contribution in [-0.4, -0.2) is 18.5 Å². The van der Waals surface area contributed by atoms with Crippen LogP contribution in [0.5, 0.6) is 0 Å². The number of ether oxygens (including phenoxy) is 1. The average Bonchev–Trinajstić information content (AvgIpc) is 2.51. The summed E-state index contributed by atoms with van der Waals surface area (Å²) in [6.07, 6.45) is 0. The Bertz CT molecular complexity index is 734. The van der Waals surface area contributed by atoms with Crippen LogP contribution in [0, 0.1) is 17.5 Å². The Labute approximate surface area is 129 Å². The number of nitrogens with one attached hydrogen (secondary N) is 1. The van der Waals surface area contributed by atoms with Gasteiger partial charge in [0, 0.05) is 18.2 Å². The van der Waals surface area contributed by atoms with Crippen molar-refractivity contribution in [2.45, 2.75) is 6.54 Å². The van der Waals surface area contributed by atoms with Crippen molar-refractivity contribution in [3.05, 3.63) is 71.0 Å². The Morgan fingerprint density at radius 1 is 1.00 bits per heavy atom. The Hall–Kier alpha value is -2.83. The van der Waals surface area contributed by atoms with Gasteiger partial charge in [0.05, 0.1) is 5.56 Å². The number of carbonyl (C=O) groups excluding carboxylic acids is 2. The first-order valence-electron chi connectivity index (χ1n) is 6.59. The first kappa shape index (κ1) is 16.5. The predicted octanol–water partition coefficient (Wildman–Crippen LogP) is 2.58. The molecule has 23 heavy (non-hydrogen) atoms. The summed E-state index contributed by atoms with van der Waals surface area (Å²) in [6, 6.07) is 7.79. The van der Waals surface area contributed by atoms with Gasteiger partial charge < -0.3 is 10.1 Å². The van der Waals surface area contributed by atoms with Crippen molar-refractivity contribution >= 4 is 11.9 Å². The average molecular weight is 323 g/mol. The molecule has 0 radical (unpaired) electrons. The highest BCUT2D eigenvalue weighted by Gasteiger charge is 2.11. The van der Waals surface area contributed by atoms with E-state index in [0.29, 0.717) is 6.07 Å². The van der Waals surface area contributed by atoms with E-state index in [4.69, 9.17) is 4.74 Å². The molecule has 0 spiro atoms. The lowest BCUT2D eigenvalue weighted by molar-refractivity contribution is -0.124. The Balaban J connectivity index is 1.82. The molecule has 0 saturated heterocycles. The number of halogens is 3. The molecule has 2 aromatic rings. The van der Waals surface area contributed by atoms with Crippen LogP contribution in [0.4, 0.5) is 13.2 Å². The summed E-state index contributed by atoms with van der Waals surface area (Å²) in [5.74, 6) is -3.63. The van der Waals surface area contributed by atoms with E-state index in [1.165, 1.54) is 24.3 Å². The van der Waals surface area contributed by atoms with Crippen molar-refractivity contribution in [1.29, 1.82) is 0 Å². The molecule has 0 bridgehead atoms. The summed E-state index contributed by atoms with van der Waals surface area (Å²) >= 11 is 0. The molecule has 2 rings (SSSR count). The molecule has 0 saturated carbocycles. The highest BCUT2D eigenvalue weighted by Crippen LogP contribution is 2.09. The maximum atomic E-state index is 13.4. The minimum atomic E-state index is -0.854. The first-order valence-corrected chi connectivity index (χ1v) is 6.59. The van der Waals surface area contributed by atoms with E-state index in [9.17, 15) is 22.8 Å². The largest absolute Gasteiger partial charge is 0.452 e. The highest BCUT2D eigenvalue weighted by atomic mass is 19.1. The van der Waals surface area contributed by atoms with Crippen LogP contribution in [0.3, 0.4) is 0 Å². The summed E-state index contributed by atoms with van der Waals surface area (Å²) in [6.45, 7) is -0.777. The fraction of sp³-hybridized carbons (Fsp3) is 0.125. The normalized spacial score (nSPS) is 10.2. The predicted molar refractivity (Wildman–Crippen MR) is 74.9 cm³/mol. The summed E-state index contributed by atoms with van der Waals surface area (Å²) in [5.41, 5.74) is 0.0681. The summed E-state index contributed by atoms with van der Waals surface area (Å²) in [7, 11) is 0. The highest BCUT2D eigenvalue weighted by molar-refractivity contribution is 5.91. The quantitative estimate of drug-likeness (QED) is 0.861. The van der Waals surface area contributed by atoms with Crippen LogP contribution in [0.15, 0.2) is 42.5 Å². The van der Waals surface area contributed by atoms with Crippen LogP contribution >= 0.6 is 0 Å². The molecule has 2 aromatic carbocycles. The number of hydrogen-bond donors (Lipinski definition) is 1. The molecule has 120 valence electrons. The topological polar surface area (TPSA) is 55.4 Å². The number of hydrogen-bond acceptors (Lipinski definition) is 3. The molecule has 0 aliphatic carbocycles. The van der Waals surface area contributed by atoms with Gasteiger partial charge in [-0.1, -0.05) is 12.1 Å². The van der Waals surface area contributed by atoms with E-state index in [2.05, 4.69) is 5.32 Å². The molecule has 0 unspecified atom stereocenters. The molecule has 0 aliphatic heterocycles. The molecule has 0 fully saturated rings. The van der Waals surface area contributed by atoms with Crippen LogP contribution in [0.1, 0.15) is 15.9 Å². The zero-order valence-electron chi connectivity index (χ0n) is 11.8. The minimum Gasteiger partial charge on any atom is -0.452 e. The minimum absolute atomic E-state index is 0.0256. The molecule has 4 nitrogen and oxygen atoms in total. The van der Waals surface area contributed by atoms with Gasteiger partial charge >= 0.3 is 5.97 Å². The third-order valence-electron chi connectivity index (χ3n) is 2.89. The lowest BCUT2D eigenvalue weighted by atomic mass is 10.2. The van der Waals surface area contributed by atoms with E-state index in [-0.39, 0.29) is 17.7 Å². The van der Waals surface area contributed by atoms with Crippen molar-refractivity contribution in [3.63, 3.8) is 0 Å². The fourth-order valence-corrected chi connectivity index (χ4v) is 1.74. The monoisotopic (exact) mass is 323 g/mol. The van der Waals surface area contributed by atoms with Crippen LogP contribution in [-0.2, 0) is 16.1 Å². The molecule has 1 N–H and O–H groups in total. The third-order valence-corrected chi connectivity index (χ3v) is 2.89. The van der Waals surface area contributed by atoms with Crippen molar-refractivity contribution in [2.24, 2.45) is 0 Å². The Morgan fingerprint density at radius 2 is 1.74 bits per heavy atom. The van der Waals surface area contributed by atoms with Crippen LogP contribution in [0.25, 0.3) is 0 Å². The Kier molecular flexibility index (Phi) is 5.35. The molecule has 7 heteroatoms. The maximum absolute atomic E-state index is 13.4. The molecular weight excluding hydrogens is 311 g/mol. The van der Waals surface area contributed by atoms with Crippen molar-refractivity contribution in [1.82, 2.24) is 5.32 Å². The molecule has 0 atom stereocenters. The van der Waals surface area contributed by atoms with Gasteiger partial charge in [-0.3, -0.25) is 4.79 Å². The molecule has 0 heterocycles. The van der Waals surface area contributed by atoms with Gasteiger partial charge in [-0.15, -0.1) is 0 Å². The molecule has 0 aromatic heterocycles. The first-order chi connectivity index (χ1) is 11.0. The van der Waals surface area contributed by atoms with Crippen LogP contribution in [0.2, 0.25) is 0 Å². The summed E-state index contributed by atoms with van der Waals surface area (Å²) < 4.78 is 43.8. The van der Waals surface area contributed by atoms with Gasteiger partial charge in [-0.2, -0.15) is 0 Å². The zero-order valence-corrected chi connectivity index (χ0v) is 11.8. The second-order valence-corrected chi connectivity index (χ2v) is 4.60. The van der Waals surface area contributed by atoms with Gasteiger partial charge in [0.2, 0.25) is 0 Å². The summed E-state index contributed by atoms with van der Waals surface area (Å²) in [4.78, 5) is 23.1. The SMILES string of the molecule is O=C(COC(=O)c1cccc(F)c1)NCc1ccc(F)cc1F. The number of amides is 1. The van der Waals surface area contributed by atoms with E-state index >= 15 is 0 Å². The molecular formula is C16H12F3NO3. The molecule has 0 aliphatic rings. The number of benzene rings is 2. The van der Waals surface area contributed by atoms with Gasteiger partial charge in [-0.25, -0.2) is 18.0 Å². The van der Waals surface area contributed by atoms with E-state index in [1.807, 2.05) is 0 Å². The smallest absolute Gasteiger partial charge is 0.338 e. The fourth-order valence-electron chi connectivity index (χ4n) is 1.74. The second-order valence-electron chi connectivity index (χ2n) is 4.60. The lowest BCUT2D eigenvalue weighted by Gasteiger charge is -2.07. The van der Waals surface area contributed by atoms with Crippen molar-refractivity contribution < 1.29 is 27.5 Å². The Morgan fingerprint density at radius 3 is 2.43 bits per heavy atom. The maximum Gasteiger partial charge on any atom is 0.338 e. The van der Waals surface area contributed by atoms with Crippen molar-refractivity contribution in [2.75, 3.05) is 6.61 Å². The number of rotatable bonds is 5. The number of carbonyl (C=O) groups is 2. The second kappa shape index (κ2) is 7.44. The molecule has 1 amide bonds.